The maximum atomic E-state index is 3.99. The van der Waals surface area contributed by atoms with Gasteiger partial charge in [0.1, 0.15) is 0 Å². The molecular formula is C26H30N2. The van der Waals surface area contributed by atoms with Gasteiger partial charge >= 0.3 is 0 Å². The quantitative estimate of drug-likeness (QED) is 0.551. The smallest absolute Gasteiger partial charge is 0.0460 e. The lowest BCUT2D eigenvalue weighted by Crippen LogP contribution is -2.29. The van der Waals surface area contributed by atoms with Gasteiger partial charge in [-0.05, 0) is 68.2 Å². The number of rotatable bonds is 6. The van der Waals surface area contributed by atoms with Crippen LogP contribution in [0.5, 0.6) is 0 Å². The zero-order valence-electron chi connectivity index (χ0n) is 17.3. The van der Waals surface area contributed by atoms with Crippen LogP contribution in [0.1, 0.15) is 37.5 Å². The summed E-state index contributed by atoms with van der Waals surface area (Å²) in [6.07, 6.45) is 7.98. The molecule has 0 radical (unpaired) electrons. The van der Waals surface area contributed by atoms with Gasteiger partial charge < -0.3 is 10.6 Å². The summed E-state index contributed by atoms with van der Waals surface area (Å²) in [4.78, 5) is 0. The second kappa shape index (κ2) is 7.93. The number of hydrogen-bond acceptors (Lipinski definition) is 2. The number of anilines is 2. The van der Waals surface area contributed by atoms with Crippen LogP contribution in [0.2, 0.25) is 0 Å². The number of aryl methyl sites for hydroxylation is 1. The van der Waals surface area contributed by atoms with Crippen molar-refractivity contribution in [3.8, 4) is 0 Å². The molecule has 1 heterocycles. The van der Waals surface area contributed by atoms with Gasteiger partial charge in [-0.3, -0.25) is 0 Å². The Kier molecular flexibility index (Phi) is 5.60. The molecule has 0 fully saturated rings. The molecule has 2 aromatic rings. The molecule has 28 heavy (non-hydrogen) atoms. The lowest BCUT2D eigenvalue weighted by molar-refractivity contribution is 0.710. The van der Waals surface area contributed by atoms with E-state index in [4.69, 9.17) is 0 Å². The Morgan fingerprint density at radius 2 is 1.86 bits per heavy atom. The maximum Gasteiger partial charge on any atom is 0.0460 e. The van der Waals surface area contributed by atoms with Crippen molar-refractivity contribution in [1.29, 1.82) is 0 Å². The summed E-state index contributed by atoms with van der Waals surface area (Å²) in [6, 6.07) is 15.5. The predicted molar refractivity (Wildman–Crippen MR) is 123 cm³/mol. The SMILES string of the molecule is C=C/C=C(\C=C)C1=CC(C)(c2ccccc2)c2cc(NC(C)C)cc(C)c2N1. The minimum Gasteiger partial charge on any atom is -0.383 e. The van der Waals surface area contributed by atoms with Gasteiger partial charge in [0, 0.05) is 28.5 Å². The summed E-state index contributed by atoms with van der Waals surface area (Å²) in [5.74, 6) is 0. The first-order valence-corrected chi connectivity index (χ1v) is 9.81. The van der Waals surface area contributed by atoms with E-state index in [0.717, 1.165) is 22.6 Å². The van der Waals surface area contributed by atoms with Crippen LogP contribution >= 0.6 is 0 Å². The maximum absolute atomic E-state index is 3.99. The zero-order chi connectivity index (χ0) is 20.3. The van der Waals surface area contributed by atoms with Crippen molar-refractivity contribution < 1.29 is 0 Å². The third-order valence-corrected chi connectivity index (χ3v) is 5.24. The van der Waals surface area contributed by atoms with E-state index in [1.165, 1.54) is 16.7 Å². The summed E-state index contributed by atoms with van der Waals surface area (Å²) < 4.78 is 0. The topological polar surface area (TPSA) is 24.1 Å². The monoisotopic (exact) mass is 370 g/mol. The fourth-order valence-corrected chi connectivity index (χ4v) is 3.89. The molecule has 0 spiro atoms. The van der Waals surface area contributed by atoms with E-state index in [-0.39, 0.29) is 5.41 Å². The first kappa shape index (κ1) is 19.8. The number of benzene rings is 2. The summed E-state index contributed by atoms with van der Waals surface area (Å²) in [5.41, 5.74) is 7.89. The molecule has 1 atom stereocenters. The van der Waals surface area contributed by atoms with Crippen LogP contribution in [-0.2, 0) is 5.41 Å². The van der Waals surface area contributed by atoms with E-state index in [1.807, 2.05) is 12.2 Å². The first-order valence-electron chi connectivity index (χ1n) is 9.81. The average Bonchev–Trinajstić information content (AvgIpc) is 2.67. The second-order valence-corrected chi connectivity index (χ2v) is 7.83. The summed E-state index contributed by atoms with van der Waals surface area (Å²) >= 11 is 0. The lowest BCUT2D eigenvalue weighted by Gasteiger charge is -2.37. The fourth-order valence-electron chi connectivity index (χ4n) is 3.89. The third kappa shape index (κ3) is 3.68. The molecule has 1 aliphatic rings. The molecule has 1 unspecified atom stereocenters. The van der Waals surface area contributed by atoms with Crippen molar-refractivity contribution in [1.82, 2.24) is 0 Å². The van der Waals surface area contributed by atoms with E-state index >= 15 is 0 Å². The Balaban J connectivity index is 2.26. The normalized spacial score (nSPS) is 18.8. The Labute approximate surface area is 169 Å². The van der Waals surface area contributed by atoms with Gasteiger partial charge in [-0.15, -0.1) is 0 Å². The van der Waals surface area contributed by atoms with Gasteiger partial charge in [-0.2, -0.15) is 0 Å². The molecule has 144 valence electrons. The number of allylic oxidation sites excluding steroid dienone is 4. The highest BCUT2D eigenvalue weighted by atomic mass is 14.9. The van der Waals surface area contributed by atoms with Gasteiger partial charge in [0.05, 0.1) is 0 Å². The van der Waals surface area contributed by atoms with Crippen molar-refractivity contribution in [3.63, 3.8) is 0 Å². The number of nitrogens with one attached hydrogen (secondary N) is 2. The van der Waals surface area contributed by atoms with Crippen LogP contribution in [0.15, 0.2) is 91.2 Å². The van der Waals surface area contributed by atoms with Crippen molar-refractivity contribution in [2.45, 2.75) is 39.2 Å². The Hall–Kier alpha value is -3.00. The van der Waals surface area contributed by atoms with Crippen molar-refractivity contribution in [2.24, 2.45) is 0 Å². The summed E-state index contributed by atoms with van der Waals surface area (Å²) in [6.45, 7) is 16.6. The molecule has 0 saturated heterocycles. The highest BCUT2D eigenvalue weighted by molar-refractivity contribution is 5.76. The molecule has 3 rings (SSSR count). The largest absolute Gasteiger partial charge is 0.383 e. The lowest BCUT2D eigenvalue weighted by atomic mass is 9.72. The van der Waals surface area contributed by atoms with E-state index < -0.39 is 0 Å². The van der Waals surface area contributed by atoms with Crippen molar-refractivity contribution >= 4 is 11.4 Å². The van der Waals surface area contributed by atoms with Gasteiger partial charge in [0.25, 0.3) is 0 Å². The van der Waals surface area contributed by atoms with E-state index in [9.17, 15) is 0 Å². The molecule has 0 saturated carbocycles. The number of hydrogen-bond donors (Lipinski definition) is 2. The van der Waals surface area contributed by atoms with Crippen LogP contribution in [0.3, 0.4) is 0 Å². The number of fused-ring (bicyclic) bond motifs is 1. The van der Waals surface area contributed by atoms with Crippen LogP contribution in [0.25, 0.3) is 0 Å². The molecule has 2 heteroatoms. The molecule has 0 aromatic heterocycles. The molecule has 2 nitrogen and oxygen atoms in total. The van der Waals surface area contributed by atoms with Gasteiger partial charge in [0.2, 0.25) is 0 Å². The van der Waals surface area contributed by atoms with E-state index in [2.05, 4.69) is 100 Å². The van der Waals surface area contributed by atoms with E-state index in [1.54, 1.807) is 6.08 Å². The van der Waals surface area contributed by atoms with Crippen molar-refractivity contribution in [3.05, 3.63) is 108 Å². The fraction of sp³-hybridized carbons (Fsp3) is 0.231. The Morgan fingerprint density at radius 3 is 2.46 bits per heavy atom. The van der Waals surface area contributed by atoms with Crippen LogP contribution in [0, 0.1) is 6.92 Å². The summed E-state index contributed by atoms with van der Waals surface area (Å²) in [5, 5.41) is 7.21. The Morgan fingerprint density at radius 1 is 1.14 bits per heavy atom. The Bertz CT molecular complexity index is 948. The van der Waals surface area contributed by atoms with Gasteiger partial charge in [-0.1, -0.05) is 61.7 Å². The second-order valence-electron chi connectivity index (χ2n) is 7.83. The summed E-state index contributed by atoms with van der Waals surface area (Å²) in [7, 11) is 0. The van der Waals surface area contributed by atoms with Crippen LogP contribution in [-0.4, -0.2) is 6.04 Å². The third-order valence-electron chi connectivity index (χ3n) is 5.24. The minimum atomic E-state index is -0.264. The highest BCUT2D eigenvalue weighted by Gasteiger charge is 2.34. The first-order chi connectivity index (χ1) is 13.4. The molecule has 2 aromatic carbocycles. The molecule has 0 bridgehead atoms. The van der Waals surface area contributed by atoms with Crippen LogP contribution in [0.4, 0.5) is 11.4 Å². The van der Waals surface area contributed by atoms with E-state index in [0.29, 0.717) is 6.04 Å². The van der Waals surface area contributed by atoms with Crippen LogP contribution < -0.4 is 10.6 Å². The molecule has 0 amide bonds. The zero-order valence-corrected chi connectivity index (χ0v) is 17.3. The minimum absolute atomic E-state index is 0.264. The average molecular weight is 371 g/mol. The molecule has 1 aliphatic heterocycles. The van der Waals surface area contributed by atoms with Gasteiger partial charge in [0.15, 0.2) is 0 Å². The molecule has 2 N–H and O–H groups in total. The van der Waals surface area contributed by atoms with Gasteiger partial charge in [-0.25, -0.2) is 0 Å². The molecule has 0 aliphatic carbocycles. The van der Waals surface area contributed by atoms with Crippen molar-refractivity contribution in [2.75, 3.05) is 10.6 Å². The predicted octanol–water partition coefficient (Wildman–Crippen LogP) is 6.73. The molecular weight excluding hydrogens is 340 g/mol. The highest BCUT2D eigenvalue weighted by Crippen LogP contribution is 2.45. The standard InChI is InChI=1S/C26H30N2/c1-7-12-20(8-2)24-17-26(6,21-13-10-9-11-14-21)23-16-22(27-18(3)4)15-19(5)25(23)28-24/h7-18,27-28H,1-2H2,3-6H3/b20-12+.